The smallest absolute Gasteiger partial charge is 0.510 e. The predicted molar refractivity (Wildman–Crippen MR) is 151 cm³/mol. The molecule has 6 heteroatoms. The molecule has 5 nitrogen and oxygen atoms in total. The topological polar surface area (TPSA) is 46.4 Å². The first-order chi connectivity index (χ1) is 18.3. The minimum absolute atomic E-state index is 0. The van der Waals surface area contributed by atoms with Crippen molar-refractivity contribution in [1.29, 1.82) is 0 Å². The van der Waals surface area contributed by atoms with Crippen molar-refractivity contribution in [2.75, 3.05) is 11.9 Å². The van der Waals surface area contributed by atoms with Gasteiger partial charge < -0.3 is 19.8 Å². The van der Waals surface area contributed by atoms with Crippen LogP contribution in [0, 0.1) is 12.7 Å². The quantitative estimate of drug-likeness (QED) is 0.113. The van der Waals surface area contributed by atoms with E-state index in [9.17, 15) is 0 Å². The van der Waals surface area contributed by atoms with Gasteiger partial charge in [-0.15, -0.1) is 5.69 Å². The first kappa shape index (κ1) is 24.4. The van der Waals surface area contributed by atoms with Gasteiger partial charge in [0.15, 0.2) is 0 Å². The molecule has 1 aliphatic carbocycles. The number of allylic oxidation sites excluding steroid dienone is 2. The Morgan fingerprint density at radius 2 is 1.74 bits per heavy atom. The van der Waals surface area contributed by atoms with Crippen LogP contribution in [0.5, 0.6) is 0 Å². The van der Waals surface area contributed by atoms with Crippen molar-refractivity contribution in [1.82, 2.24) is 19.9 Å². The molecule has 0 bridgehead atoms. The Morgan fingerprint density at radius 3 is 2.53 bits per heavy atom. The second-order valence-corrected chi connectivity index (χ2v) is 9.41. The first-order valence-corrected chi connectivity index (χ1v) is 12.4. The molecule has 0 atom stereocenters. The van der Waals surface area contributed by atoms with Gasteiger partial charge in [-0.25, -0.2) is 0 Å². The Labute approximate surface area is 234 Å². The molecule has 8 rings (SSSR count). The van der Waals surface area contributed by atoms with Gasteiger partial charge in [0.2, 0.25) is 0 Å². The van der Waals surface area contributed by atoms with E-state index in [1.807, 2.05) is 72.4 Å². The fourth-order valence-electron chi connectivity index (χ4n) is 5.32. The molecule has 0 radical (unpaired) electrons. The van der Waals surface area contributed by atoms with Crippen LogP contribution in [0.15, 0.2) is 97.7 Å². The number of para-hydroxylation sites is 1. The number of hydrogen-bond donors (Lipinski definition) is 0. The van der Waals surface area contributed by atoms with Crippen LogP contribution in [-0.2, 0) is 32.9 Å². The summed E-state index contributed by atoms with van der Waals surface area (Å²) >= 11 is 0. The van der Waals surface area contributed by atoms with Crippen molar-refractivity contribution in [3.05, 3.63) is 122 Å². The summed E-state index contributed by atoms with van der Waals surface area (Å²) in [4.78, 5) is 17.7. The Kier molecular flexibility index (Phi) is 6.44. The summed E-state index contributed by atoms with van der Waals surface area (Å²) in [6.07, 6.45) is 14.0. The number of anilines is 1. The van der Waals surface area contributed by atoms with Gasteiger partial charge in [0.05, 0.1) is 5.52 Å². The molecule has 1 aliphatic heterocycles. The molecule has 186 valence electrons. The second-order valence-electron chi connectivity index (χ2n) is 9.41. The molecule has 0 unspecified atom stereocenters. The Balaban J connectivity index is 0.000000172. The normalized spacial score (nSPS) is 14.1. The van der Waals surface area contributed by atoms with E-state index in [-0.39, 0.29) is 20.1 Å². The monoisotopic (exact) mass is 671 g/mol. The van der Waals surface area contributed by atoms with E-state index in [1.165, 1.54) is 32.7 Å². The van der Waals surface area contributed by atoms with E-state index in [2.05, 4.69) is 63.5 Å². The summed E-state index contributed by atoms with van der Waals surface area (Å²) in [6, 6.07) is 24.3. The van der Waals surface area contributed by atoms with E-state index in [1.54, 1.807) is 6.33 Å². The van der Waals surface area contributed by atoms with Crippen LogP contribution in [0.2, 0.25) is 0 Å². The third-order valence-corrected chi connectivity index (χ3v) is 7.08. The zero-order valence-corrected chi connectivity index (χ0v) is 23.2. The molecule has 0 amide bonds. The summed E-state index contributed by atoms with van der Waals surface area (Å²) in [6.45, 7) is 2.01. The van der Waals surface area contributed by atoms with Crippen molar-refractivity contribution in [2.24, 2.45) is 0 Å². The number of benzene rings is 4. The van der Waals surface area contributed by atoms with E-state index in [4.69, 9.17) is 0 Å². The minimum Gasteiger partial charge on any atom is -0.510 e. The maximum Gasteiger partial charge on any atom is 3.00 e. The number of imidazole rings is 1. The molecule has 3 heterocycles. The first-order valence-electron chi connectivity index (χ1n) is 12.4. The molecule has 38 heavy (non-hydrogen) atoms. The average Bonchev–Trinajstić information content (AvgIpc) is 3.62. The molecule has 0 spiro atoms. The van der Waals surface area contributed by atoms with Crippen LogP contribution < -0.4 is 9.88 Å². The van der Waals surface area contributed by atoms with Crippen molar-refractivity contribution >= 4 is 49.2 Å². The summed E-state index contributed by atoms with van der Waals surface area (Å²) < 4.78 is 0. The van der Waals surface area contributed by atoms with E-state index in [0.717, 1.165) is 40.5 Å². The van der Waals surface area contributed by atoms with Crippen LogP contribution in [-0.4, -0.2) is 21.9 Å². The number of hydrogen-bond acceptors (Lipinski definition) is 4. The van der Waals surface area contributed by atoms with Gasteiger partial charge in [-0.3, -0.25) is 4.98 Å². The van der Waals surface area contributed by atoms with E-state index < -0.39 is 0 Å². The molecule has 2 aromatic heterocycles. The molecule has 0 saturated heterocycles. The molecular formula is C32H24IrN5. The van der Waals surface area contributed by atoms with Gasteiger partial charge in [0.25, 0.3) is 0 Å². The van der Waals surface area contributed by atoms with Crippen LogP contribution in [0.4, 0.5) is 5.69 Å². The largest absolute Gasteiger partial charge is 3.00 e. The fraction of sp³-hybridized carbons (Fsp3) is 0.0938. The standard InChI is InChI=1S/C22H14N3.C10H10N2.Ir/c1-2-5-14-11-18-15(10-13(14)4-1)7-8-16-17-6-3-9-23-20(17)22-21(19(16)18)24-12-25-22;1-11-7-8-12(9-11)10-5-3-2-4-6-10;/h1-3,6-12H,4-5H2;2-5,7-9H,1H3;/q-1;-2;+3. The fourth-order valence-corrected chi connectivity index (χ4v) is 5.32. The SMILES string of the molecule is C1=CCc2cc3c(ccc4c5cccnc5c5[n-]cnc5c34)cc2C1.CN1C=CN(c2[c-]cccc2)[CH-]1.[Ir+3]. The van der Waals surface area contributed by atoms with Gasteiger partial charge >= 0.3 is 20.1 Å². The van der Waals surface area contributed by atoms with Crippen LogP contribution in [0.3, 0.4) is 0 Å². The van der Waals surface area contributed by atoms with Crippen LogP contribution in [0.1, 0.15) is 11.1 Å². The van der Waals surface area contributed by atoms with Gasteiger partial charge in [-0.05, 0) is 88.1 Å². The molecule has 0 fully saturated rings. The van der Waals surface area contributed by atoms with E-state index >= 15 is 0 Å². The Bertz CT molecular complexity index is 1840. The van der Waals surface area contributed by atoms with Crippen LogP contribution in [0.25, 0.3) is 43.5 Å². The molecule has 0 saturated carbocycles. The zero-order chi connectivity index (χ0) is 24.8. The average molecular weight is 671 g/mol. The van der Waals surface area contributed by atoms with Crippen molar-refractivity contribution in [3.63, 3.8) is 0 Å². The summed E-state index contributed by atoms with van der Waals surface area (Å²) in [7, 11) is 2.00. The van der Waals surface area contributed by atoms with Gasteiger partial charge in [-0.1, -0.05) is 42.7 Å². The second kappa shape index (κ2) is 10.1. The van der Waals surface area contributed by atoms with Gasteiger partial charge in [0, 0.05) is 11.6 Å². The summed E-state index contributed by atoms with van der Waals surface area (Å²) in [5, 5.41) is 6.08. The third kappa shape index (κ3) is 4.16. The zero-order valence-electron chi connectivity index (χ0n) is 20.8. The molecule has 6 aromatic rings. The van der Waals surface area contributed by atoms with Crippen molar-refractivity contribution in [2.45, 2.75) is 12.8 Å². The van der Waals surface area contributed by atoms with Crippen molar-refractivity contribution in [3.8, 4) is 0 Å². The Morgan fingerprint density at radius 1 is 0.868 bits per heavy atom. The maximum atomic E-state index is 4.59. The molecule has 4 aromatic carbocycles. The number of fused-ring (bicyclic) bond motifs is 9. The van der Waals surface area contributed by atoms with Gasteiger partial charge in [0.1, 0.15) is 0 Å². The predicted octanol–water partition coefficient (Wildman–Crippen LogP) is 6.53. The molecular weight excluding hydrogens is 647 g/mol. The number of rotatable bonds is 1. The Hall–Kier alpha value is -3.99. The van der Waals surface area contributed by atoms with Gasteiger partial charge in [-0.2, -0.15) is 37.0 Å². The number of aromatic nitrogens is 3. The summed E-state index contributed by atoms with van der Waals surface area (Å²) in [5.74, 6) is 0. The minimum atomic E-state index is 0. The van der Waals surface area contributed by atoms with Crippen LogP contribution >= 0.6 is 0 Å². The maximum absolute atomic E-state index is 4.59. The summed E-state index contributed by atoms with van der Waals surface area (Å²) in [5.41, 5.74) is 6.70. The number of pyridine rings is 1. The molecule has 0 N–H and O–H groups in total. The number of nitrogens with zero attached hydrogens (tertiary/aromatic N) is 5. The third-order valence-electron chi connectivity index (χ3n) is 7.08. The van der Waals surface area contributed by atoms with E-state index in [0.29, 0.717) is 0 Å². The molecule has 2 aliphatic rings. The van der Waals surface area contributed by atoms with Crippen molar-refractivity contribution < 1.29 is 20.1 Å².